The maximum atomic E-state index is 12.5. The fourth-order valence-corrected chi connectivity index (χ4v) is 2.65. The number of para-hydroxylation sites is 1. The van der Waals surface area contributed by atoms with Crippen LogP contribution in [-0.2, 0) is 4.79 Å². The minimum atomic E-state index is -0.229. The number of carbonyl (C=O) groups is 2. The van der Waals surface area contributed by atoms with Gasteiger partial charge in [-0.15, -0.1) is 0 Å². The maximum absolute atomic E-state index is 12.5. The summed E-state index contributed by atoms with van der Waals surface area (Å²) in [5.74, 6) is 0.196. The van der Waals surface area contributed by atoms with Gasteiger partial charge in [-0.05, 0) is 49.6 Å². The zero-order valence-electron chi connectivity index (χ0n) is 15.3. The van der Waals surface area contributed by atoms with Gasteiger partial charge in [0, 0.05) is 18.3 Å². The molecule has 0 heterocycles. The van der Waals surface area contributed by atoms with Gasteiger partial charge in [0.25, 0.3) is 5.91 Å². The monoisotopic (exact) mass is 340 g/mol. The first-order valence-corrected chi connectivity index (χ1v) is 8.09. The minimum Gasteiger partial charge on any atom is -0.496 e. The van der Waals surface area contributed by atoms with E-state index >= 15 is 0 Å². The lowest BCUT2D eigenvalue weighted by molar-refractivity contribution is -0.116. The van der Waals surface area contributed by atoms with Crippen LogP contribution in [0, 0.1) is 20.8 Å². The number of anilines is 1. The van der Waals surface area contributed by atoms with E-state index < -0.39 is 0 Å². The van der Waals surface area contributed by atoms with E-state index in [1.807, 2.05) is 45.0 Å². The number of ether oxygens (including phenoxy) is 1. The summed E-state index contributed by atoms with van der Waals surface area (Å²) in [4.78, 5) is 26.2. The molecule has 5 heteroatoms. The van der Waals surface area contributed by atoms with Crippen molar-refractivity contribution < 1.29 is 14.3 Å². The first-order chi connectivity index (χ1) is 11.8. The van der Waals surface area contributed by atoms with Crippen molar-refractivity contribution in [1.29, 1.82) is 0 Å². The summed E-state index contributed by atoms with van der Waals surface area (Å²) in [5, 5.41) is 2.89. The Morgan fingerprint density at radius 2 is 1.68 bits per heavy atom. The third-order valence-corrected chi connectivity index (χ3v) is 4.13. The summed E-state index contributed by atoms with van der Waals surface area (Å²) in [6.07, 6.45) is 0. The Morgan fingerprint density at radius 3 is 2.28 bits per heavy atom. The summed E-state index contributed by atoms with van der Waals surface area (Å²) in [7, 11) is 3.18. The Balaban J connectivity index is 2.07. The maximum Gasteiger partial charge on any atom is 0.254 e. The van der Waals surface area contributed by atoms with Crippen LogP contribution in [0.1, 0.15) is 27.0 Å². The van der Waals surface area contributed by atoms with Crippen molar-refractivity contribution in [3.8, 4) is 5.75 Å². The van der Waals surface area contributed by atoms with Crippen LogP contribution in [0.2, 0.25) is 0 Å². The van der Waals surface area contributed by atoms with Gasteiger partial charge in [0.1, 0.15) is 5.75 Å². The Hall–Kier alpha value is -2.82. The number of likely N-dealkylation sites (N-methyl/N-ethyl adjacent to an activating group) is 1. The van der Waals surface area contributed by atoms with Crippen LogP contribution >= 0.6 is 0 Å². The molecule has 0 saturated carbocycles. The highest BCUT2D eigenvalue weighted by molar-refractivity contribution is 6.00. The number of rotatable bonds is 5. The molecule has 0 unspecified atom stereocenters. The van der Waals surface area contributed by atoms with Crippen molar-refractivity contribution in [2.24, 2.45) is 0 Å². The van der Waals surface area contributed by atoms with Gasteiger partial charge in [-0.2, -0.15) is 0 Å². The number of nitrogens with one attached hydrogen (secondary N) is 1. The van der Waals surface area contributed by atoms with Crippen molar-refractivity contribution in [1.82, 2.24) is 4.90 Å². The van der Waals surface area contributed by atoms with Crippen molar-refractivity contribution in [2.75, 3.05) is 26.0 Å². The average molecular weight is 340 g/mol. The predicted molar refractivity (Wildman–Crippen MR) is 99.2 cm³/mol. The van der Waals surface area contributed by atoms with Crippen LogP contribution in [0.5, 0.6) is 5.75 Å². The van der Waals surface area contributed by atoms with E-state index in [0.717, 1.165) is 22.4 Å². The van der Waals surface area contributed by atoms with E-state index in [-0.39, 0.29) is 18.4 Å². The third kappa shape index (κ3) is 4.38. The zero-order chi connectivity index (χ0) is 18.6. The molecule has 2 aromatic rings. The van der Waals surface area contributed by atoms with Gasteiger partial charge in [0.15, 0.2) is 0 Å². The molecule has 0 radical (unpaired) electrons. The lowest BCUT2D eigenvalue weighted by Crippen LogP contribution is -2.35. The first-order valence-electron chi connectivity index (χ1n) is 8.09. The summed E-state index contributed by atoms with van der Waals surface area (Å²) >= 11 is 0. The van der Waals surface area contributed by atoms with E-state index in [4.69, 9.17) is 4.74 Å². The molecular weight excluding hydrogens is 316 g/mol. The molecule has 0 spiro atoms. The molecule has 0 aliphatic heterocycles. The molecule has 2 amide bonds. The molecule has 2 aromatic carbocycles. The highest BCUT2D eigenvalue weighted by atomic mass is 16.5. The number of amides is 2. The van der Waals surface area contributed by atoms with Crippen LogP contribution in [0.4, 0.5) is 5.69 Å². The summed E-state index contributed by atoms with van der Waals surface area (Å²) in [6.45, 7) is 5.77. The fraction of sp³-hybridized carbons (Fsp3) is 0.300. The van der Waals surface area contributed by atoms with E-state index in [2.05, 4.69) is 5.32 Å². The SMILES string of the molecule is COc1cc(C(=O)N(C)CC(=O)Nc2c(C)cccc2C)ccc1C. The smallest absolute Gasteiger partial charge is 0.254 e. The Bertz CT molecular complexity index is 779. The quantitative estimate of drug-likeness (QED) is 0.908. The summed E-state index contributed by atoms with van der Waals surface area (Å²) < 4.78 is 5.25. The molecule has 0 bridgehead atoms. The molecule has 0 aromatic heterocycles. The van der Waals surface area contributed by atoms with Crippen molar-refractivity contribution in [3.63, 3.8) is 0 Å². The van der Waals surface area contributed by atoms with E-state index in [0.29, 0.717) is 11.3 Å². The number of hydrogen-bond donors (Lipinski definition) is 1. The normalized spacial score (nSPS) is 10.3. The van der Waals surface area contributed by atoms with Gasteiger partial charge in [0.2, 0.25) is 5.91 Å². The van der Waals surface area contributed by atoms with E-state index in [1.54, 1.807) is 26.3 Å². The Labute approximate surface area is 148 Å². The number of aryl methyl sites for hydroxylation is 3. The second-order valence-electron chi connectivity index (χ2n) is 6.16. The first kappa shape index (κ1) is 18.5. The number of carbonyl (C=O) groups excluding carboxylic acids is 2. The largest absolute Gasteiger partial charge is 0.496 e. The number of hydrogen-bond acceptors (Lipinski definition) is 3. The summed E-state index contributed by atoms with van der Waals surface area (Å²) in [5.41, 5.74) is 4.22. The average Bonchev–Trinajstić information content (AvgIpc) is 2.58. The lowest BCUT2D eigenvalue weighted by Gasteiger charge is -2.19. The molecule has 5 nitrogen and oxygen atoms in total. The predicted octanol–water partition coefficient (Wildman–Crippen LogP) is 3.33. The molecule has 0 fully saturated rings. The number of nitrogens with zero attached hydrogens (tertiary/aromatic N) is 1. The van der Waals surface area contributed by atoms with Gasteiger partial charge < -0.3 is 15.0 Å². The molecule has 0 saturated heterocycles. The molecule has 0 atom stereocenters. The lowest BCUT2D eigenvalue weighted by atomic mass is 10.1. The van der Waals surface area contributed by atoms with Gasteiger partial charge in [-0.1, -0.05) is 24.3 Å². The second-order valence-corrected chi connectivity index (χ2v) is 6.16. The van der Waals surface area contributed by atoms with Crippen molar-refractivity contribution >= 4 is 17.5 Å². The van der Waals surface area contributed by atoms with E-state index in [9.17, 15) is 9.59 Å². The van der Waals surface area contributed by atoms with Gasteiger partial charge in [-0.3, -0.25) is 9.59 Å². The highest BCUT2D eigenvalue weighted by Crippen LogP contribution is 2.21. The Morgan fingerprint density at radius 1 is 1.04 bits per heavy atom. The number of methoxy groups -OCH3 is 1. The van der Waals surface area contributed by atoms with Crippen LogP contribution in [0.15, 0.2) is 36.4 Å². The fourth-order valence-electron chi connectivity index (χ4n) is 2.65. The molecule has 25 heavy (non-hydrogen) atoms. The number of benzene rings is 2. The van der Waals surface area contributed by atoms with Crippen molar-refractivity contribution in [2.45, 2.75) is 20.8 Å². The molecule has 132 valence electrons. The van der Waals surface area contributed by atoms with Crippen LogP contribution in [0.3, 0.4) is 0 Å². The molecular formula is C20H24N2O3. The third-order valence-electron chi connectivity index (χ3n) is 4.13. The van der Waals surface area contributed by atoms with Gasteiger partial charge in [-0.25, -0.2) is 0 Å². The molecule has 0 aliphatic carbocycles. The standard InChI is InChI=1S/C20H24N2O3/c1-13-9-10-16(11-17(13)25-5)20(24)22(4)12-18(23)21-19-14(2)7-6-8-15(19)3/h6-11H,12H2,1-5H3,(H,21,23). The minimum absolute atomic E-state index is 0.0250. The zero-order valence-corrected chi connectivity index (χ0v) is 15.3. The van der Waals surface area contributed by atoms with Gasteiger partial charge in [0.05, 0.1) is 13.7 Å². The van der Waals surface area contributed by atoms with Gasteiger partial charge >= 0.3 is 0 Å². The van der Waals surface area contributed by atoms with Crippen molar-refractivity contribution in [3.05, 3.63) is 58.7 Å². The highest BCUT2D eigenvalue weighted by Gasteiger charge is 2.17. The molecule has 1 N–H and O–H groups in total. The Kier molecular flexibility index (Phi) is 5.80. The van der Waals surface area contributed by atoms with Crippen LogP contribution in [0.25, 0.3) is 0 Å². The summed E-state index contributed by atoms with van der Waals surface area (Å²) in [6, 6.07) is 11.1. The van der Waals surface area contributed by atoms with Crippen LogP contribution < -0.4 is 10.1 Å². The molecule has 0 aliphatic rings. The van der Waals surface area contributed by atoms with E-state index in [1.165, 1.54) is 4.90 Å². The molecule has 2 rings (SSSR count). The van der Waals surface area contributed by atoms with Crippen LogP contribution in [-0.4, -0.2) is 37.4 Å². The second kappa shape index (κ2) is 7.83. The topological polar surface area (TPSA) is 58.6 Å².